The Morgan fingerprint density at radius 1 is 0.267 bits per heavy atom. The van der Waals surface area contributed by atoms with Gasteiger partial charge in [0.15, 0.2) is 23.3 Å². The van der Waals surface area contributed by atoms with Gasteiger partial charge in [0.05, 0.1) is 49.3 Å². The molecular formula is C123H124N8+4. The van der Waals surface area contributed by atoms with Crippen molar-refractivity contribution < 1.29 is 25.1 Å². The normalized spacial score (nSPS) is 14.3. The summed E-state index contributed by atoms with van der Waals surface area (Å²) in [5, 5.41) is 8.14. The van der Waals surface area contributed by atoms with Crippen molar-refractivity contribution in [2.24, 2.45) is 28.2 Å². The van der Waals surface area contributed by atoms with Crippen LogP contribution >= 0.6 is 0 Å². The Morgan fingerprint density at radius 3 is 1.02 bits per heavy atom. The molecule has 3 aliphatic rings. The van der Waals surface area contributed by atoms with E-state index in [2.05, 4.69) is 310 Å². The number of nitrogens with zero attached hydrogens (tertiary/aromatic N) is 8. The third-order valence-electron chi connectivity index (χ3n) is 28.7. The van der Waals surface area contributed by atoms with Gasteiger partial charge >= 0.3 is 0 Å². The first kappa shape index (κ1) is 81.9. The highest BCUT2D eigenvalue weighted by atomic mass is 15.0. The second-order valence-corrected chi connectivity index (χ2v) is 37.0. The number of benzene rings is 10. The van der Waals surface area contributed by atoms with Crippen molar-refractivity contribution in [1.82, 2.24) is 19.9 Å². The minimum atomic E-state index is 0.262. The fraction of sp³-hybridized carbons (Fsp3) is 0.252. The van der Waals surface area contributed by atoms with E-state index in [0.717, 1.165) is 122 Å². The van der Waals surface area contributed by atoms with Crippen LogP contribution in [-0.2, 0) is 28.2 Å². The van der Waals surface area contributed by atoms with Crippen LogP contribution < -0.4 is 18.3 Å². The second kappa shape index (κ2) is 39.4. The molecule has 3 saturated carbocycles. The van der Waals surface area contributed by atoms with Crippen molar-refractivity contribution in [1.29, 1.82) is 0 Å². The van der Waals surface area contributed by atoms with Gasteiger partial charge in [-0.25, -0.2) is 4.57 Å². The van der Waals surface area contributed by atoms with Gasteiger partial charge in [-0.3, -0.25) is 19.9 Å². The first-order valence-corrected chi connectivity index (χ1v) is 47.4. The molecule has 8 nitrogen and oxygen atoms in total. The summed E-state index contributed by atoms with van der Waals surface area (Å²) in [6.45, 7) is 19.5. The summed E-state index contributed by atoms with van der Waals surface area (Å²) < 4.78 is 52.9. The van der Waals surface area contributed by atoms with Crippen LogP contribution in [0.2, 0.25) is 0 Å². The Hall–Kier alpha value is -13.6. The molecule has 0 saturated heterocycles. The Labute approximate surface area is 783 Å². The number of aromatic nitrogens is 8. The molecule has 0 atom stereocenters. The van der Waals surface area contributed by atoms with E-state index in [1.54, 1.807) is 24.8 Å². The molecule has 0 bridgehead atoms. The zero-order valence-corrected chi connectivity index (χ0v) is 78.6. The van der Waals surface area contributed by atoms with Gasteiger partial charge < -0.3 is 0 Å². The Balaban J connectivity index is 0.000000121. The summed E-state index contributed by atoms with van der Waals surface area (Å²) in [6, 6.07) is 85.9. The number of fused-ring (bicyclic) bond motifs is 4. The van der Waals surface area contributed by atoms with Crippen molar-refractivity contribution in [2.75, 3.05) is 0 Å². The lowest BCUT2D eigenvalue weighted by molar-refractivity contribution is -0.665. The maximum absolute atomic E-state index is 8.92. The molecule has 3 aliphatic carbocycles. The largest absolute Gasteiger partial charge is 0.264 e. The molecule has 10 aromatic carbocycles. The van der Waals surface area contributed by atoms with E-state index in [0.29, 0.717) is 35.9 Å². The second-order valence-electron chi connectivity index (χ2n) is 37.0. The lowest BCUT2D eigenvalue weighted by atomic mass is 9.76. The smallest absolute Gasteiger partial charge is 0.220 e. The monoisotopic (exact) mass is 1720 g/mol. The molecule has 18 aromatic rings. The van der Waals surface area contributed by atoms with Crippen LogP contribution in [0, 0.1) is 62.3 Å². The third kappa shape index (κ3) is 18.8. The van der Waals surface area contributed by atoms with E-state index in [1.807, 2.05) is 80.6 Å². The highest BCUT2D eigenvalue weighted by Crippen LogP contribution is 2.46. The first-order chi connectivity index (χ1) is 66.0. The minimum absolute atomic E-state index is 0.262. The first-order valence-electron chi connectivity index (χ1n) is 49.9. The summed E-state index contributed by atoms with van der Waals surface area (Å²) in [6.07, 6.45) is 34.7. The third-order valence-corrected chi connectivity index (χ3v) is 28.7. The molecule has 0 radical (unpaired) electrons. The molecule has 8 heterocycles. The average Bonchev–Trinajstić information content (AvgIpc) is 0.742. The lowest BCUT2D eigenvalue weighted by Crippen LogP contribution is -2.35. The van der Waals surface area contributed by atoms with Gasteiger partial charge in [0.1, 0.15) is 29.6 Å². The van der Waals surface area contributed by atoms with Crippen molar-refractivity contribution in [2.45, 2.75) is 176 Å². The highest BCUT2D eigenvalue weighted by molar-refractivity contribution is 6.01. The quantitative estimate of drug-likeness (QED) is 0.108. The summed E-state index contributed by atoms with van der Waals surface area (Å²) >= 11 is 0. The van der Waals surface area contributed by atoms with Gasteiger partial charge in [-0.05, 0) is 311 Å². The molecule has 8 heteroatoms. The van der Waals surface area contributed by atoms with E-state index < -0.39 is 0 Å². The molecule has 652 valence electrons. The molecular weight excluding hydrogens is 1590 g/mol. The fourth-order valence-corrected chi connectivity index (χ4v) is 20.7. The molecule has 0 N–H and O–H groups in total. The predicted molar refractivity (Wildman–Crippen MR) is 546 cm³/mol. The van der Waals surface area contributed by atoms with Crippen LogP contribution in [0.15, 0.2) is 317 Å². The summed E-state index contributed by atoms with van der Waals surface area (Å²) in [7, 11) is 8.21. The van der Waals surface area contributed by atoms with E-state index >= 15 is 0 Å². The van der Waals surface area contributed by atoms with Gasteiger partial charge in [0.2, 0.25) is 22.8 Å². The number of aryl methyl sites for hydroxylation is 3. The SMILES string of the molecule is [2H]c1c(C)[n+](C)c(-c2cc(-c3ccccc3)cc(C)c2C)c2ccc(-c3cccnc3)cc12.[2H]c1c(C)[n+](C)c(-c2cc(-c3ccccc3)ccc2C)c2ccc(-c3cccnc3)cc12.[2H]c1c(C)[n+](C)c(-c2cc(C3CCCCC3)cc(C)c2C)c2ccc(-c3cccnc3)cc12.[2H]c1c([2H])[n+](C)c(-c2cc(C3CCCCC3)cc(C3CCCCC3)c2C)c2ccc(-c3cccnc3)cc12. The van der Waals surface area contributed by atoms with Crippen LogP contribution in [0.4, 0.5) is 0 Å². The predicted octanol–water partition coefficient (Wildman–Crippen LogP) is 29.8. The molecule has 8 aromatic heterocycles. The van der Waals surface area contributed by atoms with Gasteiger partial charge in [-0.1, -0.05) is 197 Å². The van der Waals surface area contributed by atoms with Gasteiger partial charge in [-0.15, -0.1) is 0 Å². The van der Waals surface area contributed by atoms with E-state index in [4.69, 9.17) is 6.85 Å². The molecule has 0 unspecified atom stereocenters. The summed E-state index contributed by atoms with van der Waals surface area (Å²) in [4.78, 5) is 17.1. The topological polar surface area (TPSA) is 67.1 Å². The van der Waals surface area contributed by atoms with E-state index in [-0.39, 0.29) is 12.2 Å². The zero-order valence-electron chi connectivity index (χ0n) is 83.6. The van der Waals surface area contributed by atoms with Gasteiger partial charge in [0.25, 0.3) is 0 Å². The zero-order chi connectivity index (χ0) is 94.7. The average molecular weight is 1720 g/mol. The molecule has 0 aliphatic heterocycles. The lowest BCUT2D eigenvalue weighted by Gasteiger charge is -2.28. The highest BCUT2D eigenvalue weighted by Gasteiger charge is 2.31. The number of hydrogen-bond acceptors (Lipinski definition) is 4. The minimum Gasteiger partial charge on any atom is -0.264 e. The Kier molecular flexibility index (Phi) is 24.6. The van der Waals surface area contributed by atoms with E-state index in [9.17, 15) is 0 Å². The Bertz CT molecular complexity index is 7520. The number of pyridine rings is 8. The van der Waals surface area contributed by atoms with Crippen molar-refractivity contribution in [3.05, 3.63) is 384 Å². The van der Waals surface area contributed by atoms with Crippen LogP contribution in [0.25, 0.3) is 155 Å². The van der Waals surface area contributed by atoms with Crippen LogP contribution in [0.1, 0.15) is 188 Å². The standard InChI is InChI=1S/C34H39N2.C30H33N2.C30H27N2.C29H25N2/c1-24-32(26-12-7-4-8-13-26)21-30(25-10-5-3-6-11-25)22-33(24)34-31-16-15-27(29-14-9-18-35-23-29)20-28(31)17-19-36(34)2;2*1-20-15-26(23-9-6-5-7-10-23)18-29(22(20)3)30-28-13-12-24(25-11-8-14-31-19-25)17-27(28)16-21(2)32(30)4;1-20-11-12-24(22-8-5-4-6-9-22)18-28(20)29-27-14-13-23(25-10-7-15-30-19-25)17-26(27)16-21(2)31(29)3/h9,14-23,25-26H,3-8,10-13H2,1-2H3;8,11-19,23H,5-7,9-10H2,1-4H3;5-19H,1-4H3;4-19H,1-3H3/q4*+1/i17D,19D;3*16D. The van der Waals surface area contributed by atoms with Gasteiger partial charge in [-0.2, -0.15) is 13.7 Å². The molecule has 3 fully saturated rings. The summed E-state index contributed by atoms with van der Waals surface area (Å²) in [5.41, 5.74) is 38.1. The van der Waals surface area contributed by atoms with Crippen LogP contribution in [0.3, 0.4) is 0 Å². The van der Waals surface area contributed by atoms with Gasteiger partial charge in [0, 0.05) is 117 Å². The molecule has 0 spiro atoms. The van der Waals surface area contributed by atoms with Crippen LogP contribution in [0.5, 0.6) is 0 Å². The van der Waals surface area contributed by atoms with Crippen molar-refractivity contribution in [3.63, 3.8) is 0 Å². The van der Waals surface area contributed by atoms with Crippen LogP contribution in [-0.4, -0.2) is 19.9 Å². The van der Waals surface area contributed by atoms with Crippen molar-refractivity contribution >= 4 is 43.1 Å². The molecule has 131 heavy (non-hydrogen) atoms. The number of rotatable bonds is 13. The van der Waals surface area contributed by atoms with Crippen molar-refractivity contribution in [3.8, 4) is 112 Å². The fourth-order valence-electron chi connectivity index (χ4n) is 20.7. The molecule has 0 amide bonds. The summed E-state index contributed by atoms with van der Waals surface area (Å²) in [5.74, 6) is 1.93. The Morgan fingerprint density at radius 2 is 0.603 bits per heavy atom. The molecule has 21 rings (SSSR count). The van der Waals surface area contributed by atoms with E-state index in [1.165, 1.54) is 197 Å². The maximum Gasteiger partial charge on any atom is 0.220 e. The number of hydrogen-bond donors (Lipinski definition) is 0. The maximum atomic E-state index is 8.92.